The molecular weight excluding hydrogens is 564 g/mol. The number of nitrogens with zero attached hydrogens (tertiary/aromatic N) is 3. The number of aliphatic hydroxyl groups excluding tert-OH is 5. The third kappa shape index (κ3) is 5.83. The molecule has 2 aliphatic heterocycles. The van der Waals surface area contributed by atoms with Gasteiger partial charge in [-0.2, -0.15) is 9.29 Å². The van der Waals surface area contributed by atoms with Gasteiger partial charge >= 0.3 is 15.6 Å². The van der Waals surface area contributed by atoms with E-state index in [-0.39, 0.29) is 17.1 Å². The van der Waals surface area contributed by atoms with Crippen LogP contribution in [0.5, 0.6) is 0 Å². The average molecular weight is 589 g/mol. The zero-order valence-corrected chi connectivity index (χ0v) is 21.0. The number of nitrogen functional groups attached to an aromatic ring is 1. The molecule has 10 N–H and O–H groups in total. The number of aliphatic hydroxyl groups is 5. The number of hydrogen-bond acceptors (Lipinski definition) is 16. The van der Waals surface area contributed by atoms with Crippen molar-refractivity contribution in [3.63, 3.8) is 0 Å². The van der Waals surface area contributed by atoms with Gasteiger partial charge in [0.05, 0.1) is 19.0 Å². The summed E-state index contributed by atoms with van der Waals surface area (Å²) in [6, 6.07) is 0. The lowest BCUT2D eigenvalue weighted by Crippen LogP contribution is -2.57. The van der Waals surface area contributed by atoms with Crippen molar-refractivity contribution >= 4 is 32.8 Å². The Morgan fingerprint density at radius 3 is 2.42 bits per heavy atom. The first-order valence-electron chi connectivity index (χ1n) is 10.7. The van der Waals surface area contributed by atoms with Gasteiger partial charge in [-0.3, -0.25) is 23.4 Å². The third-order valence-electron chi connectivity index (χ3n) is 5.72. The molecule has 38 heavy (non-hydrogen) atoms. The molecule has 20 nitrogen and oxygen atoms in total. The molecular formula is C16H25N5O15P2. The highest BCUT2D eigenvalue weighted by atomic mass is 31.3. The van der Waals surface area contributed by atoms with Gasteiger partial charge in [0.2, 0.25) is 5.95 Å². The number of nitrogens with two attached hydrogens (primary N) is 1. The molecule has 2 fully saturated rings. The number of phosphoric ester groups is 2. The standard InChI is InChI=1S/C16H25N5O15P2/c1-4-7(22)9(24)11(26)15(33-4)35-38(30,31)36-37(28,29)32-2-5-8(23)10(25)14(34-5)21-3-18-6-12(21)19-16(17)20-13(6)27/h3-5,7-11,14-15,22-26H,2H2,1H3,(H,28,29)(H,30,31)(H3,17,19,20,27)/t4-,5-,7-,8+,9-,10+,11+,14-,15+/m0/s1. The van der Waals surface area contributed by atoms with Crippen molar-refractivity contribution in [2.45, 2.75) is 62.2 Å². The zero-order chi connectivity index (χ0) is 28.2. The second kappa shape index (κ2) is 10.6. The van der Waals surface area contributed by atoms with E-state index >= 15 is 0 Å². The summed E-state index contributed by atoms with van der Waals surface area (Å²) in [5, 5.41) is 50.0. The van der Waals surface area contributed by atoms with Gasteiger partial charge in [0, 0.05) is 0 Å². The smallest absolute Gasteiger partial charge is 0.388 e. The van der Waals surface area contributed by atoms with Crippen molar-refractivity contribution in [1.82, 2.24) is 19.5 Å². The van der Waals surface area contributed by atoms with Crippen molar-refractivity contribution in [2.24, 2.45) is 0 Å². The molecule has 0 aromatic carbocycles. The van der Waals surface area contributed by atoms with Gasteiger partial charge in [-0.05, 0) is 6.92 Å². The van der Waals surface area contributed by atoms with Crippen LogP contribution in [0.2, 0.25) is 0 Å². The fraction of sp³-hybridized carbons (Fsp3) is 0.688. The summed E-state index contributed by atoms with van der Waals surface area (Å²) in [4.78, 5) is 41.7. The summed E-state index contributed by atoms with van der Waals surface area (Å²) in [7, 11) is -10.9. The Kier molecular flexibility index (Phi) is 8.12. The van der Waals surface area contributed by atoms with E-state index in [9.17, 15) is 49.2 Å². The van der Waals surface area contributed by atoms with Gasteiger partial charge in [0.25, 0.3) is 5.56 Å². The highest BCUT2D eigenvalue weighted by molar-refractivity contribution is 7.61. The molecule has 4 rings (SSSR count). The largest absolute Gasteiger partial charge is 0.483 e. The number of ether oxygens (including phenoxy) is 2. The first-order valence-corrected chi connectivity index (χ1v) is 13.7. The van der Waals surface area contributed by atoms with Gasteiger partial charge in [0.15, 0.2) is 23.7 Å². The lowest BCUT2D eigenvalue weighted by Gasteiger charge is -2.38. The van der Waals surface area contributed by atoms with Crippen LogP contribution in [0.15, 0.2) is 11.1 Å². The Balaban J connectivity index is 1.39. The summed E-state index contributed by atoms with van der Waals surface area (Å²) < 4.78 is 49.3. The lowest BCUT2D eigenvalue weighted by molar-refractivity contribution is -0.271. The van der Waals surface area contributed by atoms with Crippen LogP contribution in [-0.2, 0) is 32.0 Å². The molecule has 0 spiro atoms. The molecule has 2 aliphatic rings. The van der Waals surface area contributed by atoms with Crippen molar-refractivity contribution < 1.29 is 67.3 Å². The van der Waals surface area contributed by atoms with E-state index in [1.165, 1.54) is 6.92 Å². The number of anilines is 1. The summed E-state index contributed by atoms with van der Waals surface area (Å²) in [5.74, 6) is -0.266. The van der Waals surface area contributed by atoms with Crippen LogP contribution in [0.25, 0.3) is 11.2 Å². The normalized spacial score (nSPS) is 37.2. The van der Waals surface area contributed by atoms with E-state index in [1.54, 1.807) is 0 Å². The van der Waals surface area contributed by atoms with Crippen molar-refractivity contribution in [3.05, 3.63) is 16.7 Å². The van der Waals surface area contributed by atoms with E-state index in [0.717, 1.165) is 10.9 Å². The number of hydrogen-bond donors (Lipinski definition) is 9. The minimum Gasteiger partial charge on any atom is -0.388 e. The van der Waals surface area contributed by atoms with Gasteiger partial charge in [-0.15, -0.1) is 0 Å². The molecule has 2 aromatic heterocycles. The van der Waals surface area contributed by atoms with E-state index in [4.69, 9.17) is 15.2 Å². The molecule has 0 aliphatic carbocycles. The van der Waals surface area contributed by atoms with Crippen LogP contribution in [0.3, 0.4) is 0 Å². The number of rotatable bonds is 8. The van der Waals surface area contributed by atoms with Gasteiger partial charge in [-0.1, -0.05) is 0 Å². The molecule has 2 aromatic rings. The fourth-order valence-electron chi connectivity index (χ4n) is 3.80. The van der Waals surface area contributed by atoms with Gasteiger partial charge in [0.1, 0.15) is 36.6 Å². The predicted molar refractivity (Wildman–Crippen MR) is 119 cm³/mol. The van der Waals surface area contributed by atoms with Crippen molar-refractivity contribution in [3.8, 4) is 0 Å². The molecule has 0 radical (unpaired) electrons. The van der Waals surface area contributed by atoms with Crippen LogP contribution < -0.4 is 11.3 Å². The molecule has 0 bridgehead atoms. The maximum atomic E-state index is 12.3. The minimum atomic E-state index is -5.50. The summed E-state index contributed by atoms with van der Waals surface area (Å²) >= 11 is 0. The molecule has 0 saturated carbocycles. The SMILES string of the molecule is C[C@@H]1O[C@H](OP(=O)(O)OP(=O)(O)OC[C@@H]2O[C@H](n3cnc4c(=O)[nH]c(N)nc43)[C@H](O)[C@@H]2O)[C@H](O)[C@@H](O)[C@H]1O. The Morgan fingerprint density at radius 2 is 1.74 bits per heavy atom. The number of H-pyrrole nitrogens is 1. The molecule has 2 unspecified atom stereocenters. The monoisotopic (exact) mass is 589 g/mol. The molecule has 214 valence electrons. The van der Waals surface area contributed by atoms with Crippen molar-refractivity contribution in [2.75, 3.05) is 12.3 Å². The maximum Gasteiger partial charge on any atom is 0.483 e. The predicted octanol–water partition coefficient (Wildman–Crippen LogP) is -3.60. The first-order chi connectivity index (χ1) is 17.6. The van der Waals surface area contributed by atoms with E-state index < -0.39 is 83.1 Å². The quantitative estimate of drug-likeness (QED) is 0.134. The molecule has 0 amide bonds. The lowest BCUT2D eigenvalue weighted by atomic mass is 10.0. The minimum absolute atomic E-state index is 0.0994. The molecule has 22 heteroatoms. The number of imidazole rings is 1. The van der Waals surface area contributed by atoms with E-state index in [1.807, 2.05) is 0 Å². The Hall–Kier alpha value is -1.87. The summed E-state index contributed by atoms with van der Waals surface area (Å²) in [6.07, 6.45) is -13.8. The second-order valence-corrected chi connectivity index (χ2v) is 11.4. The maximum absolute atomic E-state index is 12.3. The van der Waals surface area contributed by atoms with Gasteiger partial charge in [-0.25, -0.2) is 14.1 Å². The molecule has 4 heterocycles. The van der Waals surface area contributed by atoms with E-state index in [0.29, 0.717) is 0 Å². The third-order valence-corrected chi connectivity index (χ3v) is 8.32. The zero-order valence-electron chi connectivity index (χ0n) is 19.2. The molecule has 2 saturated heterocycles. The van der Waals surface area contributed by atoms with Crippen LogP contribution >= 0.6 is 15.6 Å². The average Bonchev–Trinajstić information content (AvgIpc) is 3.35. The highest BCUT2D eigenvalue weighted by Gasteiger charge is 2.49. The van der Waals surface area contributed by atoms with Crippen LogP contribution in [0.4, 0.5) is 5.95 Å². The topological polar surface area (TPSA) is 311 Å². The number of aromatic amines is 1. The van der Waals surface area contributed by atoms with Crippen LogP contribution in [0.1, 0.15) is 13.2 Å². The van der Waals surface area contributed by atoms with Crippen LogP contribution in [-0.4, -0.2) is 110 Å². The van der Waals surface area contributed by atoms with Crippen LogP contribution in [0, 0.1) is 0 Å². The number of nitrogens with one attached hydrogen (secondary N) is 1. The van der Waals surface area contributed by atoms with E-state index in [2.05, 4.69) is 28.3 Å². The number of phosphoric acid groups is 2. The first kappa shape index (κ1) is 29.1. The Bertz CT molecular complexity index is 1320. The fourth-order valence-corrected chi connectivity index (χ4v) is 5.96. The molecule has 11 atom stereocenters. The summed E-state index contributed by atoms with van der Waals surface area (Å²) in [6.45, 7) is 0.291. The van der Waals surface area contributed by atoms with Gasteiger partial charge < -0.3 is 50.5 Å². The summed E-state index contributed by atoms with van der Waals surface area (Å²) in [5.41, 5.74) is 4.59. The Morgan fingerprint density at radius 1 is 1.05 bits per heavy atom. The number of fused-ring (bicyclic) bond motifs is 1. The van der Waals surface area contributed by atoms with Crippen molar-refractivity contribution in [1.29, 1.82) is 0 Å². The Labute approximate surface area is 211 Å². The highest BCUT2D eigenvalue weighted by Crippen LogP contribution is 2.61. The number of aromatic nitrogens is 4. The second-order valence-electron chi connectivity index (χ2n) is 8.42.